The van der Waals surface area contributed by atoms with Crippen molar-refractivity contribution in [2.75, 3.05) is 0 Å². The van der Waals surface area contributed by atoms with Gasteiger partial charge in [-0.15, -0.1) is 0 Å². The standard InChI is InChI=1S/C29H36NO5P/c1-20(2)16-28(30-29(31)33-19-25-10-8-7-9-11-25)36(32,34-26-17-21(3)12-14-23(26)5)35-27-18-22(4)13-15-24(27)6/h7-15,17-18,20,28H,16,19H2,1-6H3,(H,30,31)/t28-/m0/s1. The van der Waals surface area contributed by atoms with Crippen molar-refractivity contribution in [3.8, 4) is 11.5 Å². The number of amides is 1. The van der Waals surface area contributed by atoms with E-state index >= 15 is 0 Å². The molecule has 0 heterocycles. The Labute approximate surface area is 214 Å². The predicted molar refractivity (Wildman–Crippen MR) is 144 cm³/mol. The minimum absolute atomic E-state index is 0.0983. The maximum Gasteiger partial charge on any atom is 0.453 e. The lowest BCUT2D eigenvalue weighted by molar-refractivity contribution is 0.136. The van der Waals surface area contributed by atoms with Crippen LogP contribution in [-0.4, -0.2) is 11.9 Å². The van der Waals surface area contributed by atoms with Gasteiger partial charge in [0.05, 0.1) is 0 Å². The summed E-state index contributed by atoms with van der Waals surface area (Å²) in [6.45, 7) is 11.7. The molecule has 0 saturated carbocycles. The first kappa shape index (κ1) is 27.3. The van der Waals surface area contributed by atoms with Crippen LogP contribution in [0.4, 0.5) is 4.79 Å². The third-order valence-electron chi connectivity index (χ3n) is 5.71. The Morgan fingerprint density at radius 1 is 0.833 bits per heavy atom. The zero-order valence-electron chi connectivity index (χ0n) is 21.9. The van der Waals surface area contributed by atoms with E-state index in [9.17, 15) is 9.36 Å². The average molecular weight is 510 g/mol. The van der Waals surface area contributed by atoms with Gasteiger partial charge in [-0.3, -0.25) is 0 Å². The van der Waals surface area contributed by atoms with Crippen LogP contribution in [0.5, 0.6) is 11.5 Å². The monoisotopic (exact) mass is 509 g/mol. The van der Waals surface area contributed by atoms with Gasteiger partial charge in [0.25, 0.3) is 0 Å². The predicted octanol–water partition coefficient (Wildman–Crippen LogP) is 7.87. The molecule has 7 heteroatoms. The summed E-state index contributed by atoms with van der Waals surface area (Å²) in [5.41, 5.74) is 4.42. The van der Waals surface area contributed by atoms with E-state index in [1.807, 2.05) is 108 Å². The molecule has 3 aromatic carbocycles. The van der Waals surface area contributed by atoms with Crippen LogP contribution in [0.3, 0.4) is 0 Å². The first-order valence-corrected chi connectivity index (χ1v) is 13.8. The summed E-state index contributed by atoms with van der Waals surface area (Å²) in [5.74, 6) is 0.0801. The summed E-state index contributed by atoms with van der Waals surface area (Å²) in [6, 6.07) is 20.8. The van der Waals surface area contributed by atoms with Crippen molar-refractivity contribution in [2.45, 2.75) is 60.4 Å². The Morgan fingerprint density at radius 3 is 1.86 bits per heavy atom. The van der Waals surface area contributed by atoms with Crippen LogP contribution >= 0.6 is 7.60 Å². The van der Waals surface area contributed by atoms with E-state index in [2.05, 4.69) is 5.32 Å². The van der Waals surface area contributed by atoms with Crippen molar-refractivity contribution in [3.63, 3.8) is 0 Å². The van der Waals surface area contributed by atoms with Crippen molar-refractivity contribution in [3.05, 3.63) is 94.5 Å². The molecule has 1 atom stereocenters. The molecule has 0 fully saturated rings. The van der Waals surface area contributed by atoms with Gasteiger partial charge in [0.2, 0.25) is 0 Å². The summed E-state index contributed by atoms with van der Waals surface area (Å²) in [5, 5.41) is 2.79. The van der Waals surface area contributed by atoms with E-state index in [0.717, 1.165) is 27.8 Å². The lowest BCUT2D eigenvalue weighted by Gasteiger charge is -2.30. The SMILES string of the molecule is Cc1ccc(C)c(OP(=O)(Oc2cc(C)ccc2C)[C@@H](CC(C)C)NC(=O)OCc2ccccc2)c1. The Hall–Kier alpha value is -3.24. The van der Waals surface area contributed by atoms with E-state index in [1.54, 1.807) is 0 Å². The summed E-state index contributed by atoms with van der Waals surface area (Å²) in [7, 11) is -3.98. The van der Waals surface area contributed by atoms with Crippen LogP contribution < -0.4 is 14.4 Å². The first-order chi connectivity index (χ1) is 17.1. The Kier molecular flexibility index (Phi) is 9.22. The quantitative estimate of drug-likeness (QED) is 0.282. The Balaban J connectivity index is 1.95. The molecule has 1 amide bonds. The number of carbonyl (C=O) groups excluding carboxylic acids is 1. The molecule has 6 nitrogen and oxygen atoms in total. The number of benzene rings is 3. The highest BCUT2D eigenvalue weighted by molar-refractivity contribution is 7.55. The minimum atomic E-state index is -3.98. The van der Waals surface area contributed by atoms with E-state index in [1.165, 1.54) is 0 Å². The molecule has 0 bridgehead atoms. The maximum absolute atomic E-state index is 14.6. The van der Waals surface area contributed by atoms with Crippen LogP contribution in [0.2, 0.25) is 0 Å². The molecule has 0 aliphatic carbocycles. The van der Waals surface area contributed by atoms with E-state index in [-0.39, 0.29) is 12.5 Å². The molecule has 0 unspecified atom stereocenters. The number of alkyl carbamates (subject to hydrolysis) is 1. The normalized spacial score (nSPS) is 12.2. The molecule has 36 heavy (non-hydrogen) atoms. The fourth-order valence-corrected chi connectivity index (χ4v) is 5.82. The third kappa shape index (κ3) is 7.63. The van der Waals surface area contributed by atoms with Crippen molar-refractivity contribution < 1.29 is 23.1 Å². The molecule has 0 saturated heterocycles. The van der Waals surface area contributed by atoms with Crippen LogP contribution in [0.15, 0.2) is 66.7 Å². The van der Waals surface area contributed by atoms with Crippen molar-refractivity contribution >= 4 is 13.7 Å². The van der Waals surface area contributed by atoms with Crippen molar-refractivity contribution in [2.24, 2.45) is 5.92 Å². The van der Waals surface area contributed by atoms with Gasteiger partial charge in [0, 0.05) is 0 Å². The molecular formula is C29H36NO5P. The molecule has 0 aliphatic heterocycles. The van der Waals surface area contributed by atoms with E-state index in [4.69, 9.17) is 13.8 Å². The van der Waals surface area contributed by atoms with Gasteiger partial charge < -0.3 is 19.1 Å². The number of carbonyl (C=O) groups is 1. The van der Waals surface area contributed by atoms with Crippen molar-refractivity contribution in [1.82, 2.24) is 5.32 Å². The number of hydrogen-bond donors (Lipinski definition) is 1. The summed E-state index contributed by atoms with van der Waals surface area (Å²) < 4.78 is 32.5. The fraction of sp³-hybridized carbons (Fsp3) is 0.345. The third-order valence-corrected chi connectivity index (χ3v) is 7.72. The second kappa shape index (κ2) is 12.1. The van der Waals surface area contributed by atoms with Crippen molar-refractivity contribution in [1.29, 1.82) is 0 Å². The minimum Gasteiger partial charge on any atom is -0.445 e. The number of rotatable bonds is 10. The molecular weight excluding hydrogens is 473 g/mol. The summed E-state index contributed by atoms with van der Waals surface area (Å²) in [6.07, 6.45) is -0.313. The van der Waals surface area contributed by atoms with Crippen LogP contribution in [-0.2, 0) is 15.9 Å². The first-order valence-electron chi connectivity index (χ1n) is 12.2. The van der Waals surface area contributed by atoms with Gasteiger partial charge in [-0.05, 0) is 80.0 Å². The fourth-order valence-electron chi connectivity index (χ4n) is 3.65. The number of aryl methyl sites for hydroxylation is 4. The molecule has 192 valence electrons. The zero-order valence-corrected chi connectivity index (χ0v) is 22.8. The zero-order chi connectivity index (χ0) is 26.3. The molecule has 0 spiro atoms. The maximum atomic E-state index is 14.6. The number of hydrogen-bond acceptors (Lipinski definition) is 5. The average Bonchev–Trinajstić information content (AvgIpc) is 2.82. The highest BCUT2D eigenvalue weighted by Gasteiger charge is 2.42. The Morgan fingerprint density at radius 2 is 1.36 bits per heavy atom. The summed E-state index contributed by atoms with van der Waals surface area (Å²) >= 11 is 0. The van der Waals surface area contributed by atoms with Crippen LogP contribution in [0.1, 0.15) is 48.1 Å². The highest BCUT2D eigenvalue weighted by Crippen LogP contribution is 2.55. The molecule has 0 aromatic heterocycles. The Bertz CT molecular complexity index is 1170. The van der Waals surface area contributed by atoms with Gasteiger partial charge >= 0.3 is 13.7 Å². The number of ether oxygens (including phenoxy) is 1. The second-order valence-corrected chi connectivity index (χ2v) is 11.7. The second-order valence-electron chi connectivity index (χ2n) is 9.61. The molecule has 3 aromatic rings. The van der Waals surface area contributed by atoms with Gasteiger partial charge in [0.15, 0.2) is 5.78 Å². The van der Waals surface area contributed by atoms with Gasteiger partial charge in [-0.1, -0.05) is 68.4 Å². The smallest absolute Gasteiger partial charge is 0.445 e. The molecule has 3 rings (SSSR count). The lowest BCUT2D eigenvalue weighted by atomic mass is 10.1. The topological polar surface area (TPSA) is 73.9 Å². The van der Waals surface area contributed by atoms with E-state index < -0.39 is 19.5 Å². The molecule has 1 N–H and O–H groups in total. The van der Waals surface area contributed by atoms with Gasteiger partial charge in [-0.25, -0.2) is 9.36 Å². The molecule has 0 aliphatic rings. The highest BCUT2D eigenvalue weighted by atomic mass is 31.2. The van der Waals surface area contributed by atoms with Gasteiger partial charge in [0.1, 0.15) is 18.1 Å². The van der Waals surface area contributed by atoms with E-state index in [0.29, 0.717) is 17.9 Å². The molecule has 0 radical (unpaired) electrons. The van der Waals surface area contributed by atoms with Gasteiger partial charge in [-0.2, -0.15) is 0 Å². The lowest BCUT2D eigenvalue weighted by Crippen LogP contribution is -2.38. The summed E-state index contributed by atoms with van der Waals surface area (Å²) in [4.78, 5) is 12.8. The van der Waals surface area contributed by atoms with Crippen LogP contribution in [0, 0.1) is 33.6 Å². The largest absolute Gasteiger partial charge is 0.453 e. The number of nitrogens with one attached hydrogen (secondary N) is 1. The van der Waals surface area contributed by atoms with Crippen LogP contribution in [0.25, 0.3) is 0 Å².